The minimum atomic E-state index is -3.90. The molecule has 2 rings (SSSR count). The molecule has 0 aliphatic rings. The number of sulfonamides is 1. The van der Waals surface area contributed by atoms with Gasteiger partial charge in [-0.15, -0.1) is 0 Å². The maximum absolute atomic E-state index is 13.3. The third-order valence-electron chi connectivity index (χ3n) is 4.57. The Kier molecular flexibility index (Phi) is 8.59. The van der Waals surface area contributed by atoms with Crippen molar-refractivity contribution in [2.45, 2.75) is 19.5 Å². The second kappa shape index (κ2) is 10.5. The van der Waals surface area contributed by atoms with Gasteiger partial charge in [0, 0.05) is 23.6 Å². The molecule has 0 bridgehead atoms. The summed E-state index contributed by atoms with van der Waals surface area (Å²) in [7, 11) is -2.45. The van der Waals surface area contributed by atoms with Crippen LogP contribution >= 0.6 is 34.8 Å². The molecule has 0 radical (unpaired) electrons. The van der Waals surface area contributed by atoms with Crippen LogP contribution in [0.1, 0.15) is 12.5 Å². The lowest BCUT2D eigenvalue weighted by Gasteiger charge is -2.31. The van der Waals surface area contributed by atoms with Gasteiger partial charge in [0.05, 0.1) is 17.0 Å². The molecular formula is C20H22Cl3N3O4S. The quantitative estimate of drug-likeness (QED) is 0.593. The number of nitrogens with zero attached hydrogens (tertiary/aromatic N) is 2. The highest BCUT2D eigenvalue weighted by Crippen LogP contribution is 2.31. The highest BCUT2D eigenvalue weighted by molar-refractivity contribution is 7.92. The van der Waals surface area contributed by atoms with Crippen molar-refractivity contribution in [1.29, 1.82) is 0 Å². The summed E-state index contributed by atoms with van der Waals surface area (Å²) in [6.07, 6.45) is 0.956. The van der Waals surface area contributed by atoms with Gasteiger partial charge in [-0.25, -0.2) is 8.42 Å². The van der Waals surface area contributed by atoms with Crippen molar-refractivity contribution in [3.63, 3.8) is 0 Å². The lowest BCUT2D eigenvalue weighted by molar-refractivity contribution is -0.139. The van der Waals surface area contributed by atoms with Gasteiger partial charge in [0.25, 0.3) is 0 Å². The Morgan fingerprint density at radius 3 is 2.29 bits per heavy atom. The van der Waals surface area contributed by atoms with E-state index in [2.05, 4.69) is 5.32 Å². The SMILES string of the molecule is CNC(=O)C(C)N(Cc1ccccc1Cl)C(=O)CN(c1cc(Cl)ccc1Cl)S(C)(=O)=O. The highest BCUT2D eigenvalue weighted by atomic mass is 35.5. The first-order valence-corrected chi connectivity index (χ1v) is 12.1. The Bertz CT molecular complexity index is 1080. The van der Waals surface area contributed by atoms with E-state index in [-0.39, 0.29) is 22.3 Å². The monoisotopic (exact) mass is 505 g/mol. The molecule has 0 aliphatic heterocycles. The van der Waals surface area contributed by atoms with Gasteiger partial charge in [0.1, 0.15) is 12.6 Å². The minimum absolute atomic E-state index is 0.00791. The first-order chi connectivity index (χ1) is 14.5. The average Bonchev–Trinajstić information content (AvgIpc) is 2.71. The zero-order valence-corrected chi connectivity index (χ0v) is 20.2. The zero-order valence-electron chi connectivity index (χ0n) is 17.1. The van der Waals surface area contributed by atoms with E-state index in [9.17, 15) is 18.0 Å². The van der Waals surface area contributed by atoms with E-state index in [4.69, 9.17) is 34.8 Å². The lowest BCUT2D eigenvalue weighted by Crippen LogP contribution is -2.50. The summed E-state index contributed by atoms with van der Waals surface area (Å²) in [5.74, 6) is -1.02. The average molecular weight is 507 g/mol. The van der Waals surface area contributed by atoms with Crippen LogP contribution in [0.2, 0.25) is 15.1 Å². The molecule has 0 spiro atoms. The van der Waals surface area contributed by atoms with Gasteiger partial charge in [0.2, 0.25) is 21.8 Å². The maximum atomic E-state index is 13.3. The predicted molar refractivity (Wildman–Crippen MR) is 124 cm³/mol. The molecule has 1 atom stereocenters. The number of benzene rings is 2. The fourth-order valence-electron chi connectivity index (χ4n) is 2.87. The van der Waals surface area contributed by atoms with E-state index in [1.807, 2.05) is 0 Å². The molecule has 11 heteroatoms. The van der Waals surface area contributed by atoms with Crippen molar-refractivity contribution < 1.29 is 18.0 Å². The molecule has 2 aromatic carbocycles. The van der Waals surface area contributed by atoms with Crippen LogP contribution in [0.4, 0.5) is 5.69 Å². The number of rotatable bonds is 8. The van der Waals surface area contributed by atoms with E-state index in [1.54, 1.807) is 31.2 Å². The number of nitrogens with one attached hydrogen (secondary N) is 1. The van der Waals surface area contributed by atoms with Gasteiger partial charge < -0.3 is 10.2 Å². The number of amides is 2. The highest BCUT2D eigenvalue weighted by Gasteiger charge is 2.30. The van der Waals surface area contributed by atoms with Crippen LogP contribution in [-0.4, -0.2) is 51.0 Å². The standard InChI is InChI=1S/C20H22Cl3N3O4S/c1-13(20(28)24-2)25(11-14-6-4-5-7-16(14)22)19(27)12-26(31(3,29)30)18-10-15(21)8-9-17(18)23/h4-10,13H,11-12H2,1-3H3,(H,24,28). The van der Waals surface area contributed by atoms with E-state index < -0.39 is 34.4 Å². The van der Waals surface area contributed by atoms with Gasteiger partial charge >= 0.3 is 0 Å². The van der Waals surface area contributed by atoms with Crippen molar-refractivity contribution in [3.8, 4) is 0 Å². The van der Waals surface area contributed by atoms with E-state index in [0.717, 1.165) is 10.6 Å². The van der Waals surface area contributed by atoms with Crippen LogP contribution in [0.15, 0.2) is 42.5 Å². The zero-order chi connectivity index (χ0) is 23.3. The van der Waals surface area contributed by atoms with Crippen molar-refractivity contribution >= 4 is 62.3 Å². The summed E-state index contributed by atoms with van der Waals surface area (Å²) < 4.78 is 25.8. The fraction of sp³-hybridized carbons (Fsp3) is 0.300. The van der Waals surface area contributed by atoms with Crippen LogP contribution in [0.25, 0.3) is 0 Å². The number of halogens is 3. The molecule has 2 aromatic rings. The number of likely N-dealkylation sites (N-methyl/N-ethyl adjacent to an activating group) is 1. The Labute approximate surface area is 196 Å². The molecule has 0 saturated heterocycles. The molecule has 1 unspecified atom stereocenters. The van der Waals surface area contributed by atoms with Crippen LogP contribution < -0.4 is 9.62 Å². The van der Waals surface area contributed by atoms with Gasteiger partial charge in [-0.05, 0) is 36.8 Å². The first kappa shape index (κ1) is 25.3. The van der Waals surface area contributed by atoms with Gasteiger partial charge in [0.15, 0.2) is 0 Å². The van der Waals surface area contributed by atoms with E-state index in [1.165, 1.54) is 30.1 Å². The summed E-state index contributed by atoms with van der Waals surface area (Å²) in [4.78, 5) is 26.8. The van der Waals surface area contributed by atoms with Crippen molar-refractivity contribution in [2.24, 2.45) is 0 Å². The van der Waals surface area contributed by atoms with Crippen molar-refractivity contribution in [1.82, 2.24) is 10.2 Å². The van der Waals surface area contributed by atoms with Gasteiger partial charge in [-0.1, -0.05) is 53.0 Å². The van der Waals surface area contributed by atoms with E-state index in [0.29, 0.717) is 10.6 Å². The van der Waals surface area contributed by atoms with Gasteiger partial charge in [-0.3, -0.25) is 13.9 Å². The number of carbonyl (C=O) groups excluding carboxylic acids is 2. The van der Waals surface area contributed by atoms with Gasteiger partial charge in [-0.2, -0.15) is 0 Å². The number of anilines is 1. The number of carbonyl (C=O) groups is 2. The second-order valence-corrected chi connectivity index (χ2v) is 9.93. The topological polar surface area (TPSA) is 86.8 Å². The molecule has 1 N–H and O–H groups in total. The van der Waals surface area contributed by atoms with Crippen molar-refractivity contribution in [3.05, 3.63) is 63.1 Å². The first-order valence-electron chi connectivity index (χ1n) is 9.13. The van der Waals surface area contributed by atoms with E-state index >= 15 is 0 Å². The maximum Gasteiger partial charge on any atom is 0.244 e. The summed E-state index contributed by atoms with van der Waals surface area (Å²) in [5, 5.41) is 3.28. The molecule has 7 nitrogen and oxygen atoms in total. The lowest BCUT2D eigenvalue weighted by atomic mass is 10.1. The molecule has 0 fully saturated rings. The Balaban J connectivity index is 2.45. The summed E-state index contributed by atoms with van der Waals surface area (Å²) >= 11 is 18.4. The summed E-state index contributed by atoms with van der Waals surface area (Å²) in [6, 6.07) is 10.3. The molecule has 0 saturated carbocycles. The fourth-order valence-corrected chi connectivity index (χ4v) is 4.36. The molecule has 0 aromatic heterocycles. The molecule has 168 valence electrons. The Morgan fingerprint density at radius 1 is 1.06 bits per heavy atom. The normalized spacial score (nSPS) is 12.2. The Morgan fingerprint density at radius 2 is 1.71 bits per heavy atom. The smallest absolute Gasteiger partial charge is 0.244 e. The predicted octanol–water partition coefficient (Wildman–Crippen LogP) is 3.58. The largest absolute Gasteiger partial charge is 0.357 e. The number of hydrogen-bond acceptors (Lipinski definition) is 4. The third kappa shape index (κ3) is 6.49. The summed E-state index contributed by atoms with van der Waals surface area (Å²) in [6.45, 7) is 0.976. The second-order valence-electron chi connectivity index (χ2n) is 6.77. The molecule has 2 amide bonds. The Hall–Kier alpha value is -2.00. The molecule has 31 heavy (non-hydrogen) atoms. The molecular weight excluding hydrogens is 485 g/mol. The van der Waals surface area contributed by atoms with Crippen LogP contribution in [0.5, 0.6) is 0 Å². The van der Waals surface area contributed by atoms with Crippen LogP contribution in [0.3, 0.4) is 0 Å². The third-order valence-corrected chi connectivity index (χ3v) is 6.62. The summed E-state index contributed by atoms with van der Waals surface area (Å²) in [5.41, 5.74) is 0.676. The molecule has 0 aliphatic carbocycles. The van der Waals surface area contributed by atoms with Crippen LogP contribution in [0, 0.1) is 0 Å². The van der Waals surface area contributed by atoms with Crippen molar-refractivity contribution in [2.75, 3.05) is 24.2 Å². The minimum Gasteiger partial charge on any atom is -0.357 e. The molecule has 0 heterocycles. The van der Waals surface area contributed by atoms with Crippen LogP contribution in [-0.2, 0) is 26.2 Å². The number of hydrogen-bond donors (Lipinski definition) is 1.